The number of unbranched alkanes of at least 4 members (excludes halogenated alkanes) is 2. The molecule has 5 nitrogen and oxygen atoms in total. The van der Waals surface area contributed by atoms with Crippen LogP contribution in [0.5, 0.6) is 0 Å². The summed E-state index contributed by atoms with van der Waals surface area (Å²) >= 11 is 5.39. The zero-order valence-electron chi connectivity index (χ0n) is 13.6. The van der Waals surface area contributed by atoms with Crippen molar-refractivity contribution in [1.29, 1.82) is 0 Å². The molecule has 0 aliphatic carbocycles. The van der Waals surface area contributed by atoms with Crippen molar-refractivity contribution in [1.82, 2.24) is 9.80 Å². The van der Waals surface area contributed by atoms with Gasteiger partial charge in [-0.05, 0) is 43.3 Å². The van der Waals surface area contributed by atoms with E-state index in [0.717, 1.165) is 25.7 Å². The Morgan fingerprint density at radius 2 is 1.65 bits per heavy atom. The molecule has 2 rings (SSSR count). The molecule has 23 heavy (non-hydrogen) atoms. The fraction of sp³-hybridized carbons (Fsp3) is 0.471. The molecule has 1 aliphatic rings. The molecule has 1 aromatic heterocycles. The van der Waals surface area contributed by atoms with Crippen molar-refractivity contribution in [2.75, 3.05) is 13.1 Å². The molecule has 1 aromatic rings. The molecule has 0 atom stereocenters. The molecule has 0 unspecified atom stereocenters. The van der Waals surface area contributed by atoms with Crippen LogP contribution in [0.2, 0.25) is 0 Å². The number of hydrogen-bond donors (Lipinski definition) is 0. The molecule has 0 saturated carbocycles. The van der Waals surface area contributed by atoms with E-state index in [9.17, 15) is 9.59 Å². The summed E-state index contributed by atoms with van der Waals surface area (Å²) in [7, 11) is 0. The number of rotatable bonds is 7. The molecular formula is C17H22N2O3S. The number of thiocarbonyl (C=S) groups is 1. The second-order valence-electron chi connectivity index (χ2n) is 5.48. The van der Waals surface area contributed by atoms with Crippen LogP contribution < -0.4 is 0 Å². The van der Waals surface area contributed by atoms with Gasteiger partial charge in [-0.1, -0.05) is 26.7 Å². The first-order valence-corrected chi connectivity index (χ1v) is 8.43. The minimum absolute atomic E-state index is 0.112. The van der Waals surface area contributed by atoms with Crippen LogP contribution in [0.3, 0.4) is 0 Å². The predicted molar refractivity (Wildman–Crippen MR) is 92.5 cm³/mol. The number of carbonyl (C=O) groups excluding carboxylic acids is 2. The maximum atomic E-state index is 12.7. The molecule has 0 spiro atoms. The number of nitrogens with zero attached hydrogens (tertiary/aromatic N) is 2. The number of carbonyl (C=O) groups is 2. The Bertz CT molecular complexity index is 575. The molecule has 0 radical (unpaired) electrons. The van der Waals surface area contributed by atoms with Crippen molar-refractivity contribution in [3.8, 4) is 0 Å². The van der Waals surface area contributed by atoms with Gasteiger partial charge < -0.3 is 4.42 Å². The molecular weight excluding hydrogens is 312 g/mol. The number of hydrogen-bond acceptors (Lipinski definition) is 4. The second-order valence-corrected chi connectivity index (χ2v) is 5.84. The van der Waals surface area contributed by atoms with Gasteiger partial charge in [-0.3, -0.25) is 19.4 Å². The van der Waals surface area contributed by atoms with Gasteiger partial charge in [0.1, 0.15) is 11.3 Å². The standard InChI is InChI=1S/C17H22N2O3S/c1-3-5-9-18-15(20)14(12-13-8-7-11-22-13)16(21)19(17(18)23)10-6-4-2/h7-8,11-12H,3-6,9-10H2,1-2H3. The molecule has 2 heterocycles. The normalized spacial score (nSPS) is 15.6. The van der Waals surface area contributed by atoms with Crippen molar-refractivity contribution >= 4 is 35.2 Å². The molecule has 124 valence electrons. The van der Waals surface area contributed by atoms with E-state index < -0.39 is 0 Å². The smallest absolute Gasteiger partial charge is 0.265 e. The van der Waals surface area contributed by atoms with Crippen LogP contribution in [0, 0.1) is 0 Å². The van der Waals surface area contributed by atoms with E-state index in [0.29, 0.717) is 24.0 Å². The molecule has 0 bridgehead atoms. The van der Waals surface area contributed by atoms with Gasteiger partial charge >= 0.3 is 0 Å². The third-order valence-corrected chi connectivity index (χ3v) is 4.15. The Morgan fingerprint density at radius 3 is 2.09 bits per heavy atom. The lowest BCUT2D eigenvalue weighted by atomic mass is 10.1. The highest BCUT2D eigenvalue weighted by atomic mass is 32.1. The summed E-state index contributed by atoms with van der Waals surface area (Å²) in [4.78, 5) is 28.4. The van der Waals surface area contributed by atoms with Gasteiger partial charge in [0.15, 0.2) is 5.11 Å². The second kappa shape index (κ2) is 8.06. The van der Waals surface area contributed by atoms with Gasteiger partial charge in [0, 0.05) is 13.1 Å². The van der Waals surface area contributed by atoms with E-state index >= 15 is 0 Å². The predicted octanol–water partition coefficient (Wildman–Crippen LogP) is 3.22. The largest absolute Gasteiger partial charge is 0.465 e. The van der Waals surface area contributed by atoms with Gasteiger partial charge in [-0.25, -0.2) is 0 Å². The van der Waals surface area contributed by atoms with Crippen LogP contribution in [0.4, 0.5) is 0 Å². The quantitative estimate of drug-likeness (QED) is 0.436. The Balaban J connectivity index is 2.34. The number of amides is 2. The van der Waals surface area contributed by atoms with E-state index in [1.54, 1.807) is 12.1 Å². The van der Waals surface area contributed by atoms with Crippen molar-refractivity contribution in [3.63, 3.8) is 0 Å². The average Bonchev–Trinajstić information content (AvgIpc) is 3.04. The summed E-state index contributed by atoms with van der Waals surface area (Å²) in [6.07, 6.45) is 6.60. The molecule has 0 N–H and O–H groups in total. The fourth-order valence-electron chi connectivity index (χ4n) is 2.37. The lowest BCUT2D eigenvalue weighted by molar-refractivity contribution is -0.133. The van der Waals surface area contributed by atoms with Crippen LogP contribution in [0.25, 0.3) is 6.08 Å². The number of furan rings is 1. The molecule has 6 heteroatoms. The van der Waals surface area contributed by atoms with Gasteiger partial charge in [0.25, 0.3) is 11.8 Å². The first-order chi connectivity index (χ1) is 11.1. The lowest BCUT2D eigenvalue weighted by Crippen LogP contribution is -2.56. The molecule has 1 aliphatic heterocycles. The summed E-state index contributed by atoms with van der Waals surface area (Å²) in [6, 6.07) is 3.44. The lowest BCUT2D eigenvalue weighted by Gasteiger charge is -2.36. The van der Waals surface area contributed by atoms with Gasteiger partial charge in [0.2, 0.25) is 0 Å². The van der Waals surface area contributed by atoms with E-state index in [4.69, 9.17) is 16.6 Å². The van der Waals surface area contributed by atoms with Crippen molar-refractivity contribution < 1.29 is 14.0 Å². The molecule has 1 saturated heterocycles. The Morgan fingerprint density at radius 1 is 1.09 bits per heavy atom. The summed E-state index contributed by atoms with van der Waals surface area (Å²) in [5.74, 6) is -0.185. The SMILES string of the molecule is CCCCN1C(=O)C(=Cc2ccco2)C(=O)N(CCCC)C1=S. The topological polar surface area (TPSA) is 53.8 Å². The first kappa shape index (κ1) is 17.4. The zero-order chi connectivity index (χ0) is 16.8. The van der Waals surface area contributed by atoms with Gasteiger partial charge in [0.05, 0.1) is 6.26 Å². The molecule has 1 fully saturated rings. The van der Waals surface area contributed by atoms with E-state index in [2.05, 4.69) is 13.8 Å². The minimum Gasteiger partial charge on any atom is -0.465 e. The fourth-order valence-corrected chi connectivity index (χ4v) is 2.72. The maximum Gasteiger partial charge on any atom is 0.265 e. The third-order valence-electron chi connectivity index (χ3n) is 3.71. The Kier molecular flexibility index (Phi) is 6.10. The highest BCUT2D eigenvalue weighted by Gasteiger charge is 2.38. The van der Waals surface area contributed by atoms with E-state index in [1.807, 2.05) is 0 Å². The van der Waals surface area contributed by atoms with Crippen molar-refractivity contribution in [2.24, 2.45) is 0 Å². The van der Waals surface area contributed by atoms with Crippen LogP contribution in [0.1, 0.15) is 45.3 Å². The zero-order valence-corrected chi connectivity index (χ0v) is 14.4. The average molecular weight is 334 g/mol. The van der Waals surface area contributed by atoms with Crippen LogP contribution in [-0.2, 0) is 9.59 Å². The summed E-state index contributed by atoms with van der Waals surface area (Å²) < 4.78 is 5.24. The van der Waals surface area contributed by atoms with Crippen molar-refractivity contribution in [3.05, 3.63) is 29.7 Å². The first-order valence-electron chi connectivity index (χ1n) is 8.03. The molecule has 2 amide bonds. The van der Waals surface area contributed by atoms with Gasteiger partial charge in [-0.15, -0.1) is 0 Å². The Hall–Kier alpha value is -1.95. The summed E-state index contributed by atoms with van der Waals surface area (Å²) in [5, 5.41) is 0.318. The molecule has 0 aromatic carbocycles. The highest BCUT2D eigenvalue weighted by molar-refractivity contribution is 7.80. The minimum atomic E-state index is -0.336. The van der Waals surface area contributed by atoms with Crippen LogP contribution >= 0.6 is 12.2 Å². The van der Waals surface area contributed by atoms with Gasteiger partial charge in [-0.2, -0.15) is 0 Å². The Labute approximate surface area is 141 Å². The third kappa shape index (κ3) is 3.88. The summed E-state index contributed by atoms with van der Waals surface area (Å²) in [6.45, 7) is 5.16. The van der Waals surface area contributed by atoms with Crippen LogP contribution in [-0.4, -0.2) is 39.8 Å². The monoisotopic (exact) mass is 334 g/mol. The highest BCUT2D eigenvalue weighted by Crippen LogP contribution is 2.21. The van der Waals surface area contributed by atoms with E-state index in [1.165, 1.54) is 22.1 Å². The van der Waals surface area contributed by atoms with Crippen LogP contribution in [0.15, 0.2) is 28.4 Å². The maximum absolute atomic E-state index is 12.7. The van der Waals surface area contributed by atoms with E-state index in [-0.39, 0.29) is 17.4 Å². The summed E-state index contributed by atoms with van der Waals surface area (Å²) in [5.41, 5.74) is 0.112. The van der Waals surface area contributed by atoms with Crippen molar-refractivity contribution in [2.45, 2.75) is 39.5 Å².